The maximum Gasteiger partial charge on any atom is 0.408 e. The van der Waals surface area contributed by atoms with E-state index < -0.39 is 17.7 Å². The van der Waals surface area contributed by atoms with Crippen LogP contribution in [0.5, 0.6) is 5.75 Å². The van der Waals surface area contributed by atoms with Gasteiger partial charge in [-0.25, -0.2) is 4.79 Å². The van der Waals surface area contributed by atoms with E-state index in [1.54, 1.807) is 27.9 Å². The van der Waals surface area contributed by atoms with Crippen LogP contribution >= 0.6 is 0 Å². The summed E-state index contributed by atoms with van der Waals surface area (Å²) in [4.78, 5) is 24.3. The number of hydrogen-bond acceptors (Lipinski definition) is 4. The molecule has 1 aromatic rings. The molecular weight excluding hydrogens is 320 g/mol. The molecule has 0 saturated heterocycles. The zero-order valence-corrected chi connectivity index (χ0v) is 16.0. The second kappa shape index (κ2) is 9.30. The molecule has 2 amide bonds. The Bertz CT molecular complexity index is 562. The van der Waals surface area contributed by atoms with Gasteiger partial charge >= 0.3 is 6.09 Å². The van der Waals surface area contributed by atoms with Gasteiger partial charge in [0.2, 0.25) is 5.91 Å². The Labute approximate surface area is 150 Å². The molecule has 0 aliphatic rings. The predicted octanol–water partition coefficient (Wildman–Crippen LogP) is 2.90. The Kier molecular flexibility index (Phi) is 7.74. The quantitative estimate of drug-likeness (QED) is 0.793. The van der Waals surface area contributed by atoms with Crippen molar-refractivity contribution in [2.24, 2.45) is 5.92 Å². The zero-order chi connectivity index (χ0) is 19.0. The molecule has 1 aromatic carbocycles. The highest BCUT2D eigenvalue weighted by atomic mass is 16.6. The highest BCUT2D eigenvalue weighted by Crippen LogP contribution is 2.12. The zero-order valence-electron chi connectivity index (χ0n) is 16.0. The normalized spacial score (nSPS) is 12.4. The maximum atomic E-state index is 12.4. The summed E-state index contributed by atoms with van der Waals surface area (Å²) in [5, 5.41) is 5.52. The van der Waals surface area contributed by atoms with Gasteiger partial charge in [-0.05, 0) is 50.8 Å². The van der Waals surface area contributed by atoms with Crippen LogP contribution < -0.4 is 15.4 Å². The largest absolute Gasteiger partial charge is 0.497 e. The lowest BCUT2D eigenvalue weighted by Crippen LogP contribution is -2.51. The average molecular weight is 350 g/mol. The smallest absolute Gasteiger partial charge is 0.408 e. The molecule has 0 heterocycles. The molecule has 6 heteroatoms. The van der Waals surface area contributed by atoms with Crippen molar-refractivity contribution in [3.05, 3.63) is 29.8 Å². The van der Waals surface area contributed by atoms with Crippen molar-refractivity contribution < 1.29 is 19.1 Å². The lowest BCUT2D eigenvalue weighted by Gasteiger charge is -2.25. The van der Waals surface area contributed by atoms with Crippen molar-refractivity contribution in [1.82, 2.24) is 10.6 Å². The van der Waals surface area contributed by atoms with Crippen LogP contribution in [0.25, 0.3) is 0 Å². The molecule has 2 N–H and O–H groups in total. The molecular formula is C19H30N2O4. The summed E-state index contributed by atoms with van der Waals surface area (Å²) in [5.74, 6) is 0.539. The number of rotatable bonds is 7. The van der Waals surface area contributed by atoms with Crippen LogP contribution in [0.2, 0.25) is 0 Å². The number of alkyl carbamates (subject to hydrolysis) is 1. The summed E-state index contributed by atoms with van der Waals surface area (Å²) < 4.78 is 10.3. The Morgan fingerprint density at radius 1 is 1.12 bits per heavy atom. The van der Waals surface area contributed by atoms with Gasteiger partial charge in [0.15, 0.2) is 0 Å². The number of ether oxygens (including phenoxy) is 2. The van der Waals surface area contributed by atoms with Gasteiger partial charge in [0, 0.05) is 6.54 Å². The van der Waals surface area contributed by atoms with Crippen LogP contribution in [0.1, 0.15) is 40.2 Å². The van der Waals surface area contributed by atoms with E-state index in [2.05, 4.69) is 10.6 Å². The van der Waals surface area contributed by atoms with Crippen LogP contribution in [-0.4, -0.2) is 37.3 Å². The summed E-state index contributed by atoms with van der Waals surface area (Å²) in [6.07, 6.45) is 0.115. The molecule has 0 fully saturated rings. The van der Waals surface area contributed by atoms with Gasteiger partial charge in [-0.15, -0.1) is 0 Å². The molecule has 0 unspecified atom stereocenters. The van der Waals surface area contributed by atoms with Crippen LogP contribution in [0.3, 0.4) is 0 Å². The fourth-order valence-electron chi connectivity index (χ4n) is 2.20. The van der Waals surface area contributed by atoms with Crippen molar-refractivity contribution in [1.29, 1.82) is 0 Å². The van der Waals surface area contributed by atoms with E-state index in [1.165, 1.54) is 0 Å². The number of methoxy groups -OCH3 is 1. The first-order valence-corrected chi connectivity index (χ1v) is 8.52. The van der Waals surface area contributed by atoms with Gasteiger partial charge in [-0.2, -0.15) is 0 Å². The lowest BCUT2D eigenvalue weighted by atomic mass is 10.0. The Morgan fingerprint density at radius 2 is 1.72 bits per heavy atom. The van der Waals surface area contributed by atoms with E-state index in [4.69, 9.17) is 9.47 Å². The minimum atomic E-state index is -0.634. The van der Waals surface area contributed by atoms with Crippen LogP contribution in [0.15, 0.2) is 24.3 Å². The first-order chi connectivity index (χ1) is 11.6. The molecule has 25 heavy (non-hydrogen) atoms. The third-order valence-electron chi connectivity index (χ3n) is 3.49. The van der Waals surface area contributed by atoms with Crippen molar-refractivity contribution in [3.8, 4) is 5.75 Å². The number of benzene rings is 1. The first-order valence-electron chi connectivity index (χ1n) is 8.52. The van der Waals surface area contributed by atoms with Gasteiger partial charge in [0.1, 0.15) is 17.4 Å². The van der Waals surface area contributed by atoms with Crippen LogP contribution in [-0.2, 0) is 16.0 Å². The molecule has 0 saturated carbocycles. The fraction of sp³-hybridized carbons (Fsp3) is 0.579. The van der Waals surface area contributed by atoms with Crippen molar-refractivity contribution >= 4 is 12.0 Å². The number of amides is 2. The standard InChI is InChI=1S/C19H30N2O4/c1-13(2)16(21-18(23)25-19(3,4)5)17(22)20-12-11-14-7-9-15(24-6)10-8-14/h7-10,13,16H,11-12H2,1-6H3,(H,20,22)(H,21,23)/t16-/m0/s1. The van der Waals surface area contributed by atoms with Crippen LogP contribution in [0, 0.1) is 5.92 Å². The summed E-state index contributed by atoms with van der Waals surface area (Å²) in [7, 11) is 1.62. The number of carbonyl (C=O) groups is 2. The summed E-state index contributed by atoms with van der Waals surface area (Å²) in [6, 6.07) is 7.06. The van der Waals surface area contributed by atoms with Gasteiger partial charge in [-0.3, -0.25) is 4.79 Å². The van der Waals surface area contributed by atoms with Gasteiger partial charge < -0.3 is 20.1 Å². The van der Waals surface area contributed by atoms with Gasteiger partial charge in [0.25, 0.3) is 0 Å². The third kappa shape index (κ3) is 7.92. The fourth-order valence-corrected chi connectivity index (χ4v) is 2.20. The monoisotopic (exact) mass is 350 g/mol. The molecule has 0 aliphatic heterocycles. The molecule has 0 aliphatic carbocycles. The minimum absolute atomic E-state index is 0.0477. The molecule has 0 spiro atoms. The SMILES string of the molecule is COc1ccc(CCNC(=O)[C@@H](NC(=O)OC(C)(C)C)C(C)C)cc1. The minimum Gasteiger partial charge on any atom is -0.497 e. The number of carbonyl (C=O) groups excluding carboxylic acids is 2. The average Bonchev–Trinajstić information content (AvgIpc) is 2.51. The predicted molar refractivity (Wildman–Crippen MR) is 97.7 cm³/mol. The second-order valence-electron chi connectivity index (χ2n) is 7.26. The molecule has 140 valence electrons. The maximum absolute atomic E-state index is 12.4. The Hall–Kier alpha value is -2.24. The molecule has 6 nitrogen and oxygen atoms in total. The van der Waals surface area contributed by atoms with Crippen LogP contribution in [0.4, 0.5) is 4.79 Å². The molecule has 0 radical (unpaired) electrons. The van der Waals surface area contributed by atoms with E-state index in [9.17, 15) is 9.59 Å². The molecule has 1 rings (SSSR count). The number of hydrogen-bond donors (Lipinski definition) is 2. The topological polar surface area (TPSA) is 76.7 Å². The summed E-state index contributed by atoms with van der Waals surface area (Å²) in [5.41, 5.74) is 0.499. The number of nitrogens with one attached hydrogen (secondary N) is 2. The van der Waals surface area contributed by atoms with E-state index >= 15 is 0 Å². The van der Waals surface area contributed by atoms with Crippen molar-refractivity contribution in [2.45, 2.75) is 52.7 Å². The lowest BCUT2D eigenvalue weighted by molar-refractivity contribution is -0.124. The second-order valence-corrected chi connectivity index (χ2v) is 7.26. The van der Waals surface area contributed by atoms with Crippen molar-refractivity contribution in [3.63, 3.8) is 0 Å². The molecule has 0 aromatic heterocycles. The van der Waals surface area contributed by atoms with Crippen molar-refractivity contribution in [2.75, 3.05) is 13.7 Å². The van der Waals surface area contributed by atoms with Gasteiger partial charge in [-0.1, -0.05) is 26.0 Å². The molecule has 0 bridgehead atoms. The van der Waals surface area contributed by atoms with E-state index in [1.807, 2.05) is 38.1 Å². The third-order valence-corrected chi connectivity index (χ3v) is 3.49. The summed E-state index contributed by atoms with van der Waals surface area (Å²) >= 11 is 0. The van der Waals surface area contributed by atoms with E-state index in [0.717, 1.165) is 11.3 Å². The molecule has 1 atom stereocenters. The van der Waals surface area contributed by atoms with E-state index in [-0.39, 0.29) is 11.8 Å². The first kappa shape index (κ1) is 20.8. The highest BCUT2D eigenvalue weighted by Gasteiger charge is 2.26. The van der Waals surface area contributed by atoms with Gasteiger partial charge in [0.05, 0.1) is 7.11 Å². The Balaban J connectivity index is 2.51. The van der Waals surface area contributed by atoms with E-state index in [0.29, 0.717) is 13.0 Å². The Morgan fingerprint density at radius 3 is 2.20 bits per heavy atom. The summed E-state index contributed by atoms with van der Waals surface area (Å²) in [6.45, 7) is 9.60. The highest BCUT2D eigenvalue weighted by molar-refractivity contribution is 5.85.